The first-order valence-electron chi connectivity index (χ1n) is 4.03. The number of hydrogen-bond donors (Lipinski definition) is 2. The fraction of sp³-hybridized carbons (Fsp3) is 0.111. The zero-order valence-corrected chi connectivity index (χ0v) is 9.59. The average Bonchev–Trinajstić information content (AvgIpc) is 2.17. The van der Waals surface area contributed by atoms with Crippen LogP contribution in [0.4, 0.5) is 0 Å². The van der Waals surface area contributed by atoms with E-state index in [2.05, 4.69) is 4.84 Å². The van der Waals surface area contributed by atoms with Gasteiger partial charge >= 0.3 is 5.97 Å². The molecule has 1 rings (SSSR count). The lowest BCUT2D eigenvalue weighted by Gasteiger charge is -2.08. The van der Waals surface area contributed by atoms with Crippen molar-refractivity contribution >= 4 is 35.1 Å². The number of rotatable bonds is 3. The standard InChI is InChI=1S/C9H7Cl2NO4/c1-16-12-8(13)6-5(10)3-2-4(7(6)11)9(14)15/h2-3H,1H3,(H,12,13)(H,14,15). The molecule has 7 heteroatoms. The predicted molar refractivity (Wildman–Crippen MR) is 57.9 cm³/mol. The van der Waals surface area contributed by atoms with E-state index in [4.69, 9.17) is 28.3 Å². The summed E-state index contributed by atoms with van der Waals surface area (Å²) in [4.78, 5) is 26.6. The quantitative estimate of drug-likeness (QED) is 0.818. The van der Waals surface area contributed by atoms with Crippen LogP contribution in [0.25, 0.3) is 0 Å². The van der Waals surface area contributed by atoms with Crippen molar-refractivity contribution in [2.75, 3.05) is 7.11 Å². The number of halogens is 2. The summed E-state index contributed by atoms with van der Waals surface area (Å²) < 4.78 is 0. The predicted octanol–water partition coefficient (Wildman–Crippen LogP) is 1.98. The van der Waals surface area contributed by atoms with Gasteiger partial charge in [-0.05, 0) is 12.1 Å². The summed E-state index contributed by atoms with van der Waals surface area (Å²) >= 11 is 11.5. The van der Waals surface area contributed by atoms with Gasteiger partial charge in [0.1, 0.15) is 0 Å². The van der Waals surface area contributed by atoms with Crippen molar-refractivity contribution in [3.05, 3.63) is 33.3 Å². The molecule has 0 aliphatic carbocycles. The molecule has 16 heavy (non-hydrogen) atoms. The molecule has 0 fully saturated rings. The minimum absolute atomic E-state index is 0.0459. The van der Waals surface area contributed by atoms with Crippen molar-refractivity contribution in [3.63, 3.8) is 0 Å². The average molecular weight is 264 g/mol. The second-order valence-corrected chi connectivity index (χ2v) is 3.51. The topological polar surface area (TPSA) is 75.6 Å². The largest absolute Gasteiger partial charge is 0.478 e. The third kappa shape index (κ3) is 2.44. The van der Waals surface area contributed by atoms with Crippen LogP contribution in [0.5, 0.6) is 0 Å². The van der Waals surface area contributed by atoms with Crippen LogP contribution in [-0.4, -0.2) is 24.1 Å². The van der Waals surface area contributed by atoms with E-state index in [0.717, 1.165) is 0 Å². The number of aromatic carboxylic acids is 1. The highest BCUT2D eigenvalue weighted by molar-refractivity contribution is 6.41. The Labute approximate surface area is 101 Å². The maximum Gasteiger partial charge on any atom is 0.337 e. The Hall–Kier alpha value is -1.30. The molecule has 0 saturated carbocycles. The molecular formula is C9H7Cl2NO4. The molecule has 0 aromatic heterocycles. The number of carboxylic acids is 1. The zero-order valence-electron chi connectivity index (χ0n) is 8.08. The molecule has 86 valence electrons. The lowest BCUT2D eigenvalue weighted by Crippen LogP contribution is -2.23. The van der Waals surface area contributed by atoms with Gasteiger partial charge < -0.3 is 5.11 Å². The highest BCUT2D eigenvalue weighted by atomic mass is 35.5. The summed E-state index contributed by atoms with van der Waals surface area (Å²) in [6, 6.07) is 2.50. The second kappa shape index (κ2) is 5.16. The molecule has 0 unspecified atom stereocenters. The van der Waals surface area contributed by atoms with Gasteiger partial charge in [0.2, 0.25) is 0 Å². The van der Waals surface area contributed by atoms with Crippen molar-refractivity contribution in [3.8, 4) is 0 Å². The number of carbonyl (C=O) groups is 2. The van der Waals surface area contributed by atoms with Crippen molar-refractivity contribution in [1.82, 2.24) is 5.48 Å². The molecule has 0 spiro atoms. The van der Waals surface area contributed by atoms with Crippen LogP contribution < -0.4 is 5.48 Å². The summed E-state index contributed by atoms with van der Waals surface area (Å²) in [5.41, 5.74) is 1.67. The van der Waals surface area contributed by atoms with E-state index >= 15 is 0 Å². The van der Waals surface area contributed by atoms with Crippen molar-refractivity contribution in [2.45, 2.75) is 0 Å². The molecule has 0 heterocycles. The molecule has 0 atom stereocenters. The monoisotopic (exact) mass is 263 g/mol. The maximum atomic E-state index is 11.5. The summed E-state index contributed by atoms with van der Waals surface area (Å²) in [5.74, 6) is -1.95. The van der Waals surface area contributed by atoms with Gasteiger partial charge in [0, 0.05) is 0 Å². The van der Waals surface area contributed by atoms with Crippen LogP contribution in [0, 0.1) is 0 Å². The van der Waals surface area contributed by atoms with Gasteiger partial charge in [0.05, 0.1) is 28.3 Å². The Bertz CT molecular complexity index is 447. The summed E-state index contributed by atoms with van der Waals surface area (Å²) in [5, 5.41) is 8.62. The number of nitrogens with one attached hydrogen (secondary N) is 1. The molecule has 0 saturated heterocycles. The molecule has 5 nitrogen and oxygen atoms in total. The van der Waals surface area contributed by atoms with Crippen LogP contribution in [-0.2, 0) is 4.84 Å². The SMILES string of the molecule is CONC(=O)c1c(Cl)ccc(C(=O)O)c1Cl. The highest BCUT2D eigenvalue weighted by Gasteiger charge is 2.20. The molecule has 1 aromatic carbocycles. The first-order valence-corrected chi connectivity index (χ1v) is 4.79. The van der Waals surface area contributed by atoms with Crippen LogP contribution in [0.2, 0.25) is 10.0 Å². The fourth-order valence-electron chi connectivity index (χ4n) is 1.07. The van der Waals surface area contributed by atoms with Crippen molar-refractivity contribution in [2.24, 2.45) is 0 Å². The van der Waals surface area contributed by atoms with Crippen LogP contribution in [0.1, 0.15) is 20.7 Å². The van der Waals surface area contributed by atoms with E-state index in [-0.39, 0.29) is 21.2 Å². The minimum Gasteiger partial charge on any atom is -0.478 e. The molecule has 2 N–H and O–H groups in total. The first-order chi connectivity index (χ1) is 7.49. The van der Waals surface area contributed by atoms with E-state index in [0.29, 0.717) is 0 Å². The smallest absolute Gasteiger partial charge is 0.337 e. The molecule has 0 aliphatic heterocycles. The van der Waals surface area contributed by atoms with E-state index in [1.807, 2.05) is 5.48 Å². The third-order valence-electron chi connectivity index (χ3n) is 1.74. The third-order valence-corrected chi connectivity index (χ3v) is 2.45. The minimum atomic E-state index is -1.24. The molecule has 1 aromatic rings. The highest BCUT2D eigenvalue weighted by Crippen LogP contribution is 2.28. The Kier molecular flexibility index (Phi) is 4.12. The first kappa shape index (κ1) is 12.8. The number of carboxylic acid groups (broad SMARTS) is 1. The molecular weight excluding hydrogens is 257 g/mol. The Morgan fingerprint density at radius 2 is 2.00 bits per heavy atom. The number of hydroxylamine groups is 1. The van der Waals surface area contributed by atoms with Crippen LogP contribution in [0.15, 0.2) is 12.1 Å². The number of carbonyl (C=O) groups excluding carboxylic acids is 1. The van der Waals surface area contributed by atoms with Crippen LogP contribution >= 0.6 is 23.2 Å². The fourth-order valence-corrected chi connectivity index (χ4v) is 1.69. The lowest BCUT2D eigenvalue weighted by atomic mass is 10.1. The molecule has 0 radical (unpaired) electrons. The van der Waals surface area contributed by atoms with Crippen molar-refractivity contribution < 1.29 is 19.5 Å². The zero-order chi connectivity index (χ0) is 12.3. The van der Waals surface area contributed by atoms with Gasteiger partial charge in [0.25, 0.3) is 5.91 Å². The molecule has 0 bridgehead atoms. The van der Waals surface area contributed by atoms with E-state index in [9.17, 15) is 9.59 Å². The van der Waals surface area contributed by atoms with Gasteiger partial charge in [-0.1, -0.05) is 23.2 Å². The van der Waals surface area contributed by atoms with E-state index in [1.165, 1.54) is 19.2 Å². The Morgan fingerprint density at radius 1 is 1.38 bits per heavy atom. The van der Waals surface area contributed by atoms with E-state index < -0.39 is 11.9 Å². The van der Waals surface area contributed by atoms with Gasteiger partial charge in [-0.25, -0.2) is 10.3 Å². The van der Waals surface area contributed by atoms with Gasteiger partial charge in [-0.15, -0.1) is 0 Å². The normalized spacial score (nSPS) is 9.94. The summed E-state index contributed by atoms with van der Waals surface area (Å²) in [6.07, 6.45) is 0. The lowest BCUT2D eigenvalue weighted by molar-refractivity contribution is 0.0538. The van der Waals surface area contributed by atoms with Gasteiger partial charge in [0.15, 0.2) is 0 Å². The van der Waals surface area contributed by atoms with E-state index in [1.54, 1.807) is 0 Å². The second-order valence-electron chi connectivity index (χ2n) is 2.72. The number of hydrogen-bond acceptors (Lipinski definition) is 3. The summed E-state index contributed by atoms with van der Waals surface area (Å²) in [7, 11) is 1.24. The Balaban J connectivity index is 3.31. The summed E-state index contributed by atoms with van der Waals surface area (Å²) in [6.45, 7) is 0. The number of benzene rings is 1. The van der Waals surface area contributed by atoms with Gasteiger partial charge in [-0.3, -0.25) is 9.63 Å². The van der Waals surface area contributed by atoms with Crippen LogP contribution in [0.3, 0.4) is 0 Å². The Morgan fingerprint density at radius 3 is 2.50 bits per heavy atom. The molecule has 1 amide bonds. The molecule has 0 aliphatic rings. The van der Waals surface area contributed by atoms with Gasteiger partial charge in [-0.2, -0.15) is 0 Å². The maximum absolute atomic E-state index is 11.5. The number of amides is 1. The van der Waals surface area contributed by atoms with Crippen molar-refractivity contribution in [1.29, 1.82) is 0 Å².